The van der Waals surface area contributed by atoms with Crippen molar-refractivity contribution in [3.8, 4) is 17.1 Å². The highest BCUT2D eigenvalue weighted by Crippen LogP contribution is 2.32. The van der Waals surface area contributed by atoms with Gasteiger partial charge < -0.3 is 19.8 Å². The van der Waals surface area contributed by atoms with Gasteiger partial charge in [-0.15, -0.1) is 0 Å². The van der Waals surface area contributed by atoms with Crippen LogP contribution < -0.4 is 15.4 Å². The first-order valence-corrected chi connectivity index (χ1v) is 12.5. The number of carbonyl (C=O) groups is 2. The zero-order valence-electron chi connectivity index (χ0n) is 21.3. The van der Waals surface area contributed by atoms with E-state index in [9.17, 15) is 9.59 Å². The Kier molecular flexibility index (Phi) is 8.48. The van der Waals surface area contributed by atoms with Gasteiger partial charge in [-0.25, -0.2) is 4.98 Å². The second-order valence-corrected chi connectivity index (χ2v) is 10.1. The molecule has 196 valence electrons. The molecule has 0 aliphatic carbocycles. The Labute approximate surface area is 221 Å². The second kappa shape index (κ2) is 11.8. The SMILES string of the molecule is COc1cc(NC(=O)C(=O)NC(C)(C)CN2CCN(Cc3ccccc3Cl)CC2)ccc1-c1cnco1. The predicted molar refractivity (Wildman–Crippen MR) is 143 cm³/mol. The number of nitrogens with one attached hydrogen (secondary N) is 2. The molecule has 0 unspecified atom stereocenters. The van der Waals surface area contributed by atoms with E-state index >= 15 is 0 Å². The molecule has 2 aromatic carbocycles. The molecule has 2 N–H and O–H groups in total. The lowest BCUT2D eigenvalue weighted by atomic mass is 10.0. The van der Waals surface area contributed by atoms with Crippen molar-refractivity contribution in [1.82, 2.24) is 20.1 Å². The normalized spacial score (nSPS) is 14.8. The van der Waals surface area contributed by atoms with Crippen LogP contribution in [0, 0.1) is 0 Å². The van der Waals surface area contributed by atoms with Crippen LogP contribution in [0.5, 0.6) is 5.75 Å². The fourth-order valence-corrected chi connectivity index (χ4v) is 4.64. The first kappa shape index (κ1) is 26.7. The number of nitrogens with zero attached hydrogens (tertiary/aromatic N) is 3. The number of benzene rings is 2. The zero-order valence-corrected chi connectivity index (χ0v) is 22.0. The average molecular weight is 526 g/mol. The number of aromatic nitrogens is 1. The molecule has 9 nitrogen and oxygen atoms in total. The summed E-state index contributed by atoms with van der Waals surface area (Å²) in [5.41, 5.74) is 1.66. The van der Waals surface area contributed by atoms with Gasteiger partial charge in [-0.1, -0.05) is 29.8 Å². The molecule has 4 rings (SSSR count). The van der Waals surface area contributed by atoms with Gasteiger partial charge in [0.15, 0.2) is 12.2 Å². The van der Waals surface area contributed by atoms with Crippen LogP contribution in [-0.4, -0.2) is 72.0 Å². The number of piperazine rings is 1. The minimum Gasteiger partial charge on any atom is -0.496 e. The van der Waals surface area contributed by atoms with Crippen molar-refractivity contribution in [2.45, 2.75) is 25.9 Å². The molecular formula is C27H32ClN5O4. The molecule has 0 saturated carbocycles. The van der Waals surface area contributed by atoms with Gasteiger partial charge in [0.2, 0.25) is 0 Å². The second-order valence-electron chi connectivity index (χ2n) is 9.72. The lowest BCUT2D eigenvalue weighted by Crippen LogP contribution is -2.57. The third-order valence-corrected chi connectivity index (χ3v) is 6.62. The molecule has 37 heavy (non-hydrogen) atoms. The lowest BCUT2D eigenvalue weighted by molar-refractivity contribution is -0.137. The molecule has 0 bridgehead atoms. The van der Waals surface area contributed by atoms with Crippen LogP contribution in [0.3, 0.4) is 0 Å². The fraction of sp³-hybridized carbons (Fsp3) is 0.370. The van der Waals surface area contributed by atoms with E-state index in [0.717, 1.165) is 43.3 Å². The number of rotatable bonds is 8. The zero-order chi connectivity index (χ0) is 26.4. The molecule has 0 atom stereocenters. The number of amides is 2. The summed E-state index contributed by atoms with van der Waals surface area (Å²) in [5.74, 6) is -0.407. The summed E-state index contributed by atoms with van der Waals surface area (Å²) in [7, 11) is 1.52. The molecule has 0 radical (unpaired) electrons. The van der Waals surface area contributed by atoms with E-state index in [1.165, 1.54) is 13.5 Å². The number of hydrogen-bond donors (Lipinski definition) is 2. The van der Waals surface area contributed by atoms with Crippen molar-refractivity contribution in [2.75, 3.05) is 45.2 Å². The molecule has 0 spiro atoms. The maximum atomic E-state index is 12.7. The largest absolute Gasteiger partial charge is 0.496 e. The molecular weight excluding hydrogens is 494 g/mol. The Morgan fingerprint density at radius 1 is 1.08 bits per heavy atom. The fourth-order valence-electron chi connectivity index (χ4n) is 4.44. The molecule has 10 heteroatoms. The van der Waals surface area contributed by atoms with Crippen LogP contribution in [-0.2, 0) is 16.1 Å². The summed E-state index contributed by atoms with van der Waals surface area (Å²) < 4.78 is 10.7. The summed E-state index contributed by atoms with van der Waals surface area (Å²) in [4.78, 5) is 33.9. The van der Waals surface area contributed by atoms with Crippen LogP contribution >= 0.6 is 11.6 Å². The van der Waals surface area contributed by atoms with Crippen LogP contribution in [0.1, 0.15) is 19.4 Å². The van der Waals surface area contributed by atoms with E-state index < -0.39 is 17.4 Å². The molecule has 1 fully saturated rings. The van der Waals surface area contributed by atoms with Crippen molar-refractivity contribution in [3.63, 3.8) is 0 Å². The van der Waals surface area contributed by atoms with Crippen LogP contribution in [0.4, 0.5) is 5.69 Å². The highest BCUT2D eigenvalue weighted by Gasteiger charge is 2.29. The molecule has 2 heterocycles. The number of anilines is 1. The number of hydrogen-bond acceptors (Lipinski definition) is 7. The van der Waals surface area contributed by atoms with Crippen molar-refractivity contribution < 1.29 is 18.7 Å². The van der Waals surface area contributed by atoms with E-state index in [4.69, 9.17) is 20.8 Å². The standard InChI is InChI=1S/C27H32ClN5O4/c1-27(2,17-33-12-10-32(11-13-33)16-19-6-4-5-7-22(19)28)31-26(35)25(34)30-20-8-9-21(23(14-20)36-3)24-15-29-18-37-24/h4-9,14-15,18H,10-13,16-17H2,1-3H3,(H,30,34)(H,31,35). The third kappa shape index (κ3) is 7.09. The van der Waals surface area contributed by atoms with Gasteiger partial charge in [-0.05, 0) is 37.6 Å². The van der Waals surface area contributed by atoms with Gasteiger partial charge in [0.25, 0.3) is 0 Å². The molecule has 1 aromatic heterocycles. The Hall–Kier alpha value is -3.40. The van der Waals surface area contributed by atoms with E-state index in [1.54, 1.807) is 24.4 Å². The van der Waals surface area contributed by atoms with Gasteiger partial charge in [0.05, 0.1) is 18.9 Å². The Morgan fingerprint density at radius 3 is 2.49 bits per heavy atom. The summed E-state index contributed by atoms with van der Waals surface area (Å²) in [6, 6.07) is 13.0. The van der Waals surface area contributed by atoms with E-state index in [1.807, 2.05) is 32.0 Å². The van der Waals surface area contributed by atoms with Crippen molar-refractivity contribution in [2.24, 2.45) is 0 Å². The van der Waals surface area contributed by atoms with E-state index in [2.05, 4.69) is 31.5 Å². The monoisotopic (exact) mass is 525 g/mol. The minimum atomic E-state index is -0.743. The first-order valence-electron chi connectivity index (χ1n) is 12.1. The molecule has 1 aliphatic heterocycles. The molecule has 1 saturated heterocycles. The van der Waals surface area contributed by atoms with Crippen LogP contribution in [0.25, 0.3) is 11.3 Å². The smallest absolute Gasteiger partial charge is 0.313 e. The molecule has 2 amide bonds. The highest BCUT2D eigenvalue weighted by molar-refractivity contribution is 6.39. The lowest BCUT2D eigenvalue weighted by Gasteiger charge is -2.39. The Bertz CT molecular complexity index is 1220. The number of ether oxygens (including phenoxy) is 1. The number of oxazole rings is 1. The summed E-state index contributed by atoms with van der Waals surface area (Å²) in [5, 5.41) is 6.29. The molecule has 3 aromatic rings. The van der Waals surface area contributed by atoms with Gasteiger partial charge in [-0.2, -0.15) is 0 Å². The number of methoxy groups -OCH3 is 1. The van der Waals surface area contributed by atoms with Crippen molar-refractivity contribution in [3.05, 3.63) is 65.6 Å². The van der Waals surface area contributed by atoms with Crippen molar-refractivity contribution >= 4 is 29.1 Å². The maximum Gasteiger partial charge on any atom is 0.313 e. The summed E-state index contributed by atoms with van der Waals surface area (Å²) in [6.07, 6.45) is 2.90. The van der Waals surface area contributed by atoms with Gasteiger partial charge in [0.1, 0.15) is 5.75 Å². The topological polar surface area (TPSA) is 99.9 Å². The summed E-state index contributed by atoms with van der Waals surface area (Å²) in [6.45, 7) is 8.83. The highest BCUT2D eigenvalue weighted by atomic mass is 35.5. The quantitative estimate of drug-likeness (QED) is 0.433. The van der Waals surface area contributed by atoms with Crippen LogP contribution in [0.15, 0.2) is 59.5 Å². The predicted octanol–water partition coefficient (Wildman–Crippen LogP) is 3.65. The minimum absolute atomic E-state index is 0.438. The first-order chi connectivity index (χ1) is 17.7. The molecule has 1 aliphatic rings. The van der Waals surface area contributed by atoms with Gasteiger partial charge in [-0.3, -0.25) is 19.4 Å². The van der Waals surface area contributed by atoms with E-state index in [-0.39, 0.29) is 0 Å². The average Bonchev–Trinajstić information content (AvgIpc) is 3.41. The Balaban J connectivity index is 1.27. The maximum absolute atomic E-state index is 12.7. The summed E-state index contributed by atoms with van der Waals surface area (Å²) >= 11 is 6.31. The van der Waals surface area contributed by atoms with Crippen LogP contribution in [0.2, 0.25) is 5.02 Å². The third-order valence-electron chi connectivity index (χ3n) is 6.25. The van der Waals surface area contributed by atoms with Crippen molar-refractivity contribution in [1.29, 1.82) is 0 Å². The van der Waals surface area contributed by atoms with Gasteiger partial charge in [0, 0.05) is 61.6 Å². The Morgan fingerprint density at radius 2 is 1.81 bits per heavy atom. The number of carbonyl (C=O) groups excluding carboxylic acids is 2. The van der Waals surface area contributed by atoms with Gasteiger partial charge >= 0.3 is 11.8 Å². The van der Waals surface area contributed by atoms with E-state index in [0.29, 0.717) is 29.3 Å². The number of halogens is 1.